The molecule has 6 amide bonds. The molecule has 3 N–H and O–H groups in total. The Morgan fingerprint density at radius 3 is 2.15 bits per heavy atom. The standard InChI is InChI=1S/C41H41ClN6O5/c42-32-17-15-28(16-18-32)23-35(45-37(50)34-24-30-11-7-8-12-31(30)26-43-34)38(51)46-21-19-41(20-22-46)39(52)47(40(53)48(41)33-13-5-2-6-14-33)27-36(49)44-25-29-9-3-1-4-10-29/h1-18,34-35,43H,19-27H2,(H,44,49)(H,45,50)/t34-,35-/m1/s1. The summed E-state index contributed by atoms with van der Waals surface area (Å²) in [5.74, 6) is -1.47. The van der Waals surface area contributed by atoms with Crippen LogP contribution in [0.2, 0.25) is 5.02 Å². The molecule has 4 aromatic rings. The molecule has 0 bridgehead atoms. The molecule has 2 saturated heterocycles. The van der Waals surface area contributed by atoms with Crippen LogP contribution in [-0.2, 0) is 45.1 Å². The number of halogens is 1. The summed E-state index contributed by atoms with van der Waals surface area (Å²) < 4.78 is 0. The molecular formula is C41H41ClN6O5. The highest BCUT2D eigenvalue weighted by atomic mass is 35.5. The number of rotatable bonds is 10. The summed E-state index contributed by atoms with van der Waals surface area (Å²) in [4.78, 5) is 73.5. The van der Waals surface area contributed by atoms with E-state index in [9.17, 15) is 24.0 Å². The highest BCUT2D eigenvalue weighted by Crippen LogP contribution is 2.40. The minimum Gasteiger partial charge on any atom is -0.350 e. The fourth-order valence-corrected chi connectivity index (χ4v) is 7.66. The van der Waals surface area contributed by atoms with Crippen molar-refractivity contribution in [3.05, 3.63) is 136 Å². The second-order valence-electron chi connectivity index (χ2n) is 13.8. The molecule has 7 rings (SSSR count). The fourth-order valence-electron chi connectivity index (χ4n) is 7.53. The van der Waals surface area contributed by atoms with Crippen LogP contribution in [-0.4, -0.2) is 76.7 Å². The van der Waals surface area contributed by atoms with Crippen molar-refractivity contribution < 1.29 is 24.0 Å². The average Bonchev–Trinajstić information content (AvgIpc) is 3.38. The third kappa shape index (κ3) is 7.67. The van der Waals surface area contributed by atoms with E-state index >= 15 is 0 Å². The Balaban J connectivity index is 1.08. The normalized spacial score (nSPS) is 18.4. The molecule has 4 aromatic carbocycles. The first-order valence-corrected chi connectivity index (χ1v) is 18.3. The van der Waals surface area contributed by atoms with Crippen LogP contribution < -0.4 is 20.9 Å². The maximum absolute atomic E-state index is 14.3. The van der Waals surface area contributed by atoms with E-state index in [2.05, 4.69) is 16.0 Å². The lowest BCUT2D eigenvalue weighted by Crippen LogP contribution is -2.61. The van der Waals surface area contributed by atoms with Gasteiger partial charge in [-0.05, 0) is 65.8 Å². The third-order valence-electron chi connectivity index (χ3n) is 10.4. The number of urea groups is 1. The van der Waals surface area contributed by atoms with Crippen LogP contribution in [0.4, 0.5) is 10.5 Å². The van der Waals surface area contributed by atoms with Gasteiger partial charge in [-0.3, -0.25) is 29.0 Å². The van der Waals surface area contributed by atoms with Crippen molar-refractivity contribution in [2.75, 3.05) is 24.5 Å². The van der Waals surface area contributed by atoms with Crippen LogP contribution in [0.3, 0.4) is 0 Å². The monoisotopic (exact) mass is 732 g/mol. The number of carbonyl (C=O) groups is 5. The van der Waals surface area contributed by atoms with Gasteiger partial charge in [-0.2, -0.15) is 0 Å². The Hall–Kier alpha value is -5.52. The number of carbonyl (C=O) groups excluding carboxylic acids is 5. The first-order chi connectivity index (χ1) is 25.7. The number of fused-ring (bicyclic) bond motifs is 1. The predicted molar refractivity (Wildman–Crippen MR) is 201 cm³/mol. The Morgan fingerprint density at radius 1 is 0.811 bits per heavy atom. The van der Waals surface area contributed by atoms with Gasteiger partial charge >= 0.3 is 6.03 Å². The SMILES string of the molecule is O=C(CN1C(=O)N(c2ccccc2)C2(CCN(C(=O)[C@@H](Cc3ccc(Cl)cc3)NC(=O)[C@H]3Cc4ccccc4CN3)CC2)C1=O)NCc1ccccc1. The number of nitrogens with zero attached hydrogens (tertiary/aromatic N) is 3. The summed E-state index contributed by atoms with van der Waals surface area (Å²) in [6.07, 6.45) is 1.06. The van der Waals surface area contributed by atoms with Crippen molar-refractivity contribution in [1.82, 2.24) is 25.8 Å². The van der Waals surface area contributed by atoms with E-state index in [0.29, 0.717) is 23.7 Å². The van der Waals surface area contributed by atoms with Crippen LogP contribution in [0.5, 0.6) is 0 Å². The average molecular weight is 733 g/mol. The summed E-state index contributed by atoms with van der Waals surface area (Å²) in [5.41, 5.74) is 3.20. The van der Waals surface area contributed by atoms with Gasteiger partial charge in [0, 0.05) is 43.3 Å². The van der Waals surface area contributed by atoms with Crippen molar-refractivity contribution in [2.24, 2.45) is 0 Å². The topological polar surface area (TPSA) is 131 Å². The lowest BCUT2D eigenvalue weighted by Gasteiger charge is -2.43. The minimum absolute atomic E-state index is 0.156. The number of likely N-dealkylation sites (tertiary alicyclic amines) is 1. The number of nitrogens with one attached hydrogen (secondary N) is 3. The second kappa shape index (κ2) is 15.6. The first-order valence-electron chi connectivity index (χ1n) is 17.9. The number of hydrogen-bond acceptors (Lipinski definition) is 6. The summed E-state index contributed by atoms with van der Waals surface area (Å²) in [6.45, 7) is 0.717. The highest BCUT2D eigenvalue weighted by molar-refractivity contribution is 6.30. The lowest BCUT2D eigenvalue weighted by molar-refractivity contribution is -0.141. The molecule has 0 aliphatic carbocycles. The van der Waals surface area contributed by atoms with Crippen molar-refractivity contribution in [3.8, 4) is 0 Å². The molecule has 272 valence electrons. The van der Waals surface area contributed by atoms with Crippen molar-refractivity contribution in [3.63, 3.8) is 0 Å². The van der Waals surface area contributed by atoms with Crippen molar-refractivity contribution >= 4 is 46.9 Å². The number of anilines is 1. The molecule has 3 aliphatic heterocycles. The summed E-state index contributed by atoms with van der Waals surface area (Å²) >= 11 is 6.14. The predicted octanol–water partition coefficient (Wildman–Crippen LogP) is 4.23. The Bertz CT molecular complexity index is 1990. The van der Waals surface area contributed by atoms with Crippen LogP contribution in [0.1, 0.15) is 35.1 Å². The Labute approximate surface area is 313 Å². The zero-order chi connectivity index (χ0) is 37.0. The zero-order valence-electron chi connectivity index (χ0n) is 29.2. The molecule has 0 radical (unpaired) electrons. The number of imide groups is 1. The van der Waals surface area contributed by atoms with Crippen LogP contribution in [0.25, 0.3) is 0 Å². The smallest absolute Gasteiger partial charge is 0.332 e. The molecule has 0 aromatic heterocycles. The zero-order valence-corrected chi connectivity index (χ0v) is 29.9. The number of piperidine rings is 1. The summed E-state index contributed by atoms with van der Waals surface area (Å²) in [5, 5.41) is 9.71. The maximum Gasteiger partial charge on any atom is 0.332 e. The van der Waals surface area contributed by atoms with Gasteiger partial charge in [0.2, 0.25) is 17.7 Å². The molecule has 0 saturated carbocycles. The van der Waals surface area contributed by atoms with Gasteiger partial charge in [0.1, 0.15) is 18.1 Å². The van der Waals surface area contributed by atoms with Gasteiger partial charge in [0.05, 0.1) is 6.04 Å². The number of hydrogen-bond donors (Lipinski definition) is 3. The maximum atomic E-state index is 14.3. The molecule has 3 heterocycles. The first kappa shape index (κ1) is 35.9. The molecule has 12 heteroatoms. The number of benzene rings is 4. The van der Waals surface area contributed by atoms with Crippen LogP contribution >= 0.6 is 11.6 Å². The Morgan fingerprint density at radius 2 is 1.45 bits per heavy atom. The van der Waals surface area contributed by atoms with E-state index in [1.165, 1.54) is 4.90 Å². The minimum atomic E-state index is -1.29. The summed E-state index contributed by atoms with van der Waals surface area (Å²) in [7, 11) is 0. The van der Waals surface area contributed by atoms with Crippen LogP contribution in [0, 0.1) is 0 Å². The Kier molecular flexibility index (Phi) is 10.6. The molecule has 2 fully saturated rings. The van der Waals surface area contributed by atoms with E-state index in [-0.39, 0.29) is 50.7 Å². The van der Waals surface area contributed by atoms with Gasteiger partial charge < -0.3 is 20.9 Å². The third-order valence-corrected chi connectivity index (χ3v) is 10.7. The molecular weight excluding hydrogens is 692 g/mol. The number of para-hydroxylation sites is 1. The van der Waals surface area contributed by atoms with Gasteiger partial charge in [-0.15, -0.1) is 0 Å². The van der Waals surface area contributed by atoms with Crippen LogP contribution in [0.15, 0.2) is 109 Å². The fraction of sp³-hybridized carbons (Fsp3) is 0.293. The molecule has 53 heavy (non-hydrogen) atoms. The highest BCUT2D eigenvalue weighted by Gasteiger charge is 2.59. The summed E-state index contributed by atoms with van der Waals surface area (Å²) in [6, 6.07) is 31.5. The van der Waals surface area contributed by atoms with Gasteiger partial charge in [-0.1, -0.05) is 96.5 Å². The second-order valence-corrected chi connectivity index (χ2v) is 14.2. The van der Waals surface area contributed by atoms with Gasteiger partial charge in [0.25, 0.3) is 5.91 Å². The van der Waals surface area contributed by atoms with E-state index < -0.39 is 42.0 Å². The van der Waals surface area contributed by atoms with E-state index in [1.807, 2.05) is 72.8 Å². The molecule has 0 unspecified atom stereocenters. The van der Waals surface area contributed by atoms with Gasteiger partial charge in [-0.25, -0.2) is 4.79 Å². The van der Waals surface area contributed by atoms with Crippen molar-refractivity contribution in [1.29, 1.82) is 0 Å². The molecule has 2 atom stereocenters. The molecule has 3 aliphatic rings. The number of amides is 6. The largest absolute Gasteiger partial charge is 0.350 e. The van der Waals surface area contributed by atoms with E-state index in [0.717, 1.165) is 27.2 Å². The van der Waals surface area contributed by atoms with E-state index in [1.54, 1.807) is 41.3 Å². The molecule has 11 nitrogen and oxygen atoms in total. The quantitative estimate of drug-likeness (QED) is 0.209. The van der Waals surface area contributed by atoms with E-state index in [4.69, 9.17) is 11.6 Å². The molecule has 1 spiro atoms. The van der Waals surface area contributed by atoms with Gasteiger partial charge in [0.15, 0.2) is 0 Å². The lowest BCUT2D eigenvalue weighted by atomic mass is 9.85. The van der Waals surface area contributed by atoms with Crippen molar-refractivity contribution in [2.45, 2.75) is 56.4 Å².